The highest BCUT2D eigenvalue weighted by atomic mass is 32.2. The van der Waals surface area contributed by atoms with Gasteiger partial charge in [-0.25, -0.2) is 4.79 Å². The lowest BCUT2D eigenvalue weighted by Gasteiger charge is -2.39. The van der Waals surface area contributed by atoms with Gasteiger partial charge in [0.15, 0.2) is 0 Å². The Morgan fingerprint density at radius 1 is 1.53 bits per heavy atom. The predicted molar refractivity (Wildman–Crippen MR) is 68.2 cm³/mol. The summed E-state index contributed by atoms with van der Waals surface area (Å²) in [6.07, 6.45) is 1.70. The molecule has 0 aliphatic carbocycles. The third kappa shape index (κ3) is 3.43. The van der Waals surface area contributed by atoms with Gasteiger partial charge in [0.05, 0.1) is 5.03 Å². The molecule has 1 aromatic rings. The van der Waals surface area contributed by atoms with Crippen LogP contribution in [0.2, 0.25) is 0 Å². The molecule has 0 aromatic carbocycles. The van der Waals surface area contributed by atoms with Gasteiger partial charge in [0.2, 0.25) is 0 Å². The Morgan fingerprint density at radius 2 is 2.24 bits per heavy atom. The SMILES string of the molecule is CC(C)(C)OC(=O)N1CC(Sc2ccc[nH]2)C1. The molecule has 0 spiro atoms. The lowest BCUT2D eigenvalue weighted by Crippen LogP contribution is -2.53. The van der Waals surface area contributed by atoms with E-state index in [1.54, 1.807) is 16.7 Å². The Bertz CT molecular complexity index is 378. The highest BCUT2D eigenvalue weighted by Crippen LogP contribution is 2.29. The van der Waals surface area contributed by atoms with Gasteiger partial charge in [-0.15, -0.1) is 11.8 Å². The fourth-order valence-electron chi connectivity index (χ4n) is 1.55. The number of carbonyl (C=O) groups is 1. The van der Waals surface area contributed by atoms with Gasteiger partial charge in [-0.3, -0.25) is 0 Å². The zero-order chi connectivity index (χ0) is 12.5. The number of ether oxygens (including phenoxy) is 1. The first-order valence-electron chi connectivity index (χ1n) is 5.72. The number of carbonyl (C=O) groups excluding carboxylic acids is 1. The summed E-state index contributed by atoms with van der Waals surface area (Å²) < 4.78 is 5.30. The second-order valence-electron chi connectivity index (χ2n) is 5.16. The summed E-state index contributed by atoms with van der Waals surface area (Å²) in [5.41, 5.74) is -0.408. The Kier molecular flexibility index (Phi) is 3.38. The van der Waals surface area contributed by atoms with Gasteiger partial charge in [-0.1, -0.05) is 0 Å². The van der Waals surface area contributed by atoms with Crippen LogP contribution >= 0.6 is 11.8 Å². The zero-order valence-electron chi connectivity index (χ0n) is 10.4. The predicted octanol–water partition coefficient (Wildman–Crippen LogP) is 2.73. The molecule has 1 fully saturated rings. The minimum absolute atomic E-state index is 0.208. The largest absolute Gasteiger partial charge is 0.444 e. The van der Waals surface area contributed by atoms with Crippen molar-refractivity contribution in [2.45, 2.75) is 36.6 Å². The number of nitrogens with zero attached hydrogens (tertiary/aromatic N) is 1. The minimum Gasteiger partial charge on any atom is -0.444 e. The number of thioether (sulfide) groups is 1. The van der Waals surface area contributed by atoms with Crippen LogP contribution in [0.3, 0.4) is 0 Å². The van der Waals surface area contributed by atoms with E-state index in [1.165, 1.54) is 0 Å². The smallest absolute Gasteiger partial charge is 0.410 e. The second-order valence-corrected chi connectivity index (χ2v) is 6.50. The maximum atomic E-state index is 11.7. The standard InChI is InChI=1S/C12H18N2O2S/c1-12(2,3)16-11(15)14-7-9(8-14)17-10-5-4-6-13-10/h4-6,9,13H,7-8H2,1-3H3. The van der Waals surface area contributed by atoms with Gasteiger partial charge < -0.3 is 14.6 Å². The van der Waals surface area contributed by atoms with Crippen LogP contribution in [0.5, 0.6) is 0 Å². The first kappa shape index (κ1) is 12.4. The number of aromatic amines is 1. The van der Waals surface area contributed by atoms with Crippen LogP contribution < -0.4 is 0 Å². The topological polar surface area (TPSA) is 45.3 Å². The molecule has 0 bridgehead atoms. The number of H-pyrrole nitrogens is 1. The van der Waals surface area contributed by atoms with Gasteiger partial charge in [-0.2, -0.15) is 0 Å². The van der Waals surface area contributed by atoms with E-state index in [0.717, 1.165) is 18.1 Å². The van der Waals surface area contributed by atoms with E-state index in [2.05, 4.69) is 4.98 Å². The Balaban J connectivity index is 1.73. The molecule has 2 heterocycles. The zero-order valence-corrected chi connectivity index (χ0v) is 11.2. The summed E-state index contributed by atoms with van der Waals surface area (Å²) in [5.74, 6) is 0. The number of hydrogen-bond donors (Lipinski definition) is 1. The van der Waals surface area contributed by atoms with Crippen LogP contribution in [0.15, 0.2) is 23.4 Å². The highest BCUT2D eigenvalue weighted by Gasteiger charge is 2.34. The summed E-state index contributed by atoms with van der Waals surface area (Å²) in [7, 11) is 0. The van der Waals surface area contributed by atoms with Gasteiger partial charge in [0, 0.05) is 24.5 Å². The van der Waals surface area contributed by atoms with Crippen LogP contribution in [-0.4, -0.2) is 39.9 Å². The van der Waals surface area contributed by atoms with Gasteiger partial charge in [-0.05, 0) is 32.9 Å². The number of likely N-dealkylation sites (tertiary alicyclic amines) is 1. The molecule has 94 valence electrons. The van der Waals surface area contributed by atoms with Crippen molar-refractivity contribution in [3.05, 3.63) is 18.3 Å². The number of aromatic nitrogens is 1. The molecule has 2 rings (SSSR count). The summed E-state index contributed by atoms with van der Waals surface area (Å²) >= 11 is 1.77. The van der Waals surface area contributed by atoms with Crippen LogP contribution in [-0.2, 0) is 4.74 Å². The van der Waals surface area contributed by atoms with E-state index in [4.69, 9.17) is 4.74 Å². The van der Waals surface area contributed by atoms with Crippen LogP contribution in [0, 0.1) is 0 Å². The van der Waals surface area contributed by atoms with Crippen molar-refractivity contribution in [1.82, 2.24) is 9.88 Å². The first-order valence-corrected chi connectivity index (χ1v) is 6.60. The van der Waals surface area contributed by atoms with E-state index in [0.29, 0.717) is 5.25 Å². The maximum Gasteiger partial charge on any atom is 0.410 e. The van der Waals surface area contributed by atoms with E-state index in [9.17, 15) is 4.79 Å². The van der Waals surface area contributed by atoms with E-state index in [1.807, 2.05) is 39.1 Å². The van der Waals surface area contributed by atoms with E-state index < -0.39 is 5.60 Å². The van der Waals surface area contributed by atoms with Crippen molar-refractivity contribution in [3.8, 4) is 0 Å². The average Bonchev–Trinajstić information content (AvgIpc) is 2.59. The van der Waals surface area contributed by atoms with Gasteiger partial charge >= 0.3 is 6.09 Å². The van der Waals surface area contributed by atoms with Gasteiger partial charge in [0.1, 0.15) is 5.60 Å². The molecule has 1 aromatic heterocycles. The summed E-state index contributed by atoms with van der Waals surface area (Å²) in [5, 5.41) is 1.63. The van der Waals surface area contributed by atoms with E-state index in [-0.39, 0.29) is 6.09 Å². The molecule has 0 radical (unpaired) electrons. The molecular formula is C12H18N2O2S. The Morgan fingerprint density at radius 3 is 2.76 bits per heavy atom. The van der Waals surface area contributed by atoms with Crippen molar-refractivity contribution < 1.29 is 9.53 Å². The molecule has 5 heteroatoms. The Labute approximate surface area is 106 Å². The minimum atomic E-state index is -0.408. The molecule has 1 saturated heterocycles. The molecule has 1 aliphatic rings. The first-order chi connectivity index (χ1) is 7.94. The molecule has 0 unspecified atom stereocenters. The summed E-state index contributed by atoms with van der Waals surface area (Å²) in [6.45, 7) is 7.18. The molecule has 1 amide bonds. The van der Waals surface area contributed by atoms with Crippen LogP contribution in [0.4, 0.5) is 4.79 Å². The molecule has 4 nitrogen and oxygen atoms in total. The molecule has 0 saturated carbocycles. The van der Waals surface area contributed by atoms with Crippen molar-refractivity contribution in [2.75, 3.05) is 13.1 Å². The average molecular weight is 254 g/mol. The van der Waals surface area contributed by atoms with Crippen molar-refractivity contribution in [3.63, 3.8) is 0 Å². The van der Waals surface area contributed by atoms with E-state index >= 15 is 0 Å². The molecular weight excluding hydrogens is 236 g/mol. The second kappa shape index (κ2) is 4.64. The quantitative estimate of drug-likeness (QED) is 0.882. The number of rotatable bonds is 2. The normalized spacial score (nSPS) is 16.8. The Hall–Kier alpha value is -1.10. The monoisotopic (exact) mass is 254 g/mol. The summed E-state index contributed by atoms with van der Waals surface area (Å²) in [6, 6.07) is 4.02. The van der Waals surface area contributed by atoms with Crippen LogP contribution in [0.1, 0.15) is 20.8 Å². The summed E-state index contributed by atoms with van der Waals surface area (Å²) in [4.78, 5) is 16.6. The highest BCUT2D eigenvalue weighted by molar-refractivity contribution is 8.00. The molecule has 17 heavy (non-hydrogen) atoms. The van der Waals surface area contributed by atoms with Crippen molar-refractivity contribution in [2.24, 2.45) is 0 Å². The number of amides is 1. The van der Waals surface area contributed by atoms with Gasteiger partial charge in [0.25, 0.3) is 0 Å². The fraction of sp³-hybridized carbons (Fsp3) is 0.583. The third-order valence-corrected chi connectivity index (χ3v) is 3.50. The number of hydrogen-bond acceptors (Lipinski definition) is 3. The lowest BCUT2D eigenvalue weighted by molar-refractivity contribution is 0.0144. The van der Waals surface area contributed by atoms with Crippen LogP contribution in [0.25, 0.3) is 0 Å². The lowest BCUT2D eigenvalue weighted by atomic mass is 10.2. The van der Waals surface area contributed by atoms with Crippen molar-refractivity contribution >= 4 is 17.9 Å². The molecule has 1 N–H and O–H groups in total. The third-order valence-electron chi connectivity index (χ3n) is 2.36. The fourth-order valence-corrected chi connectivity index (χ4v) is 2.72. The maximum absolute atomic E-state index is 11.7. The van der Waals surface area contributed by atoms with Crippen molar-refractivity contribution in [1.29, 1.82) is 0 Å². The molecule has 0 atom stereocenters. The number of nitrogens with one attached hydrogen (secondary N) is 1. The molecule has 1 aliphatic heterocycles.